The first-order valence-corrected chi connectivity index (χ1v) is 13.5. The Morgan fingerprint density at radius 2 is 1.86 bits per heavy atom. The van der Waals surface area contributed by atoms with Crippen molar-refractivity contribution in [1.29, 1.82) is 0 Å². The van der Waals surface area contributed by atoms with Crippen LogP contribution in [-0.2, 0) is 19.1 Å². The van der Waals surface area contributed by atoms with E-state index >= 15 is 0 Å². The molecular weight excluding hydrogens is 552 g/mol. The number of urea groups is 1. The van der Waals surface area contributed by atoms with Crippen molar-refractivity contribution in [2.75, 3.05) is 13.2 Å². The van der Waals surface area contributed by atoms with Crippen LogP contribution in [-0.4, -0.2) is 41.0 Å². The second-order valence-corrected chi connectivity index (χ2v) is 9.46. The van der Waals surface area contributed by atoms with Crippen LogP contribution in [0.5, 0.6) is 0 Å². The van der Waals surface area contributed by atoms with Crippen molar-refractivity contribution >= 4 is 35.0 Å². The van der Waals surface area contributed by atoms with E-state index in [9.17, 15) is 14.4 Å². The zero-order chi connectivity index (χ0) is 29.8. The number of hydrogen-bond acceptors (Lipinski definition) is 8. The number of para-hydroxylation sites is 2. The van der Waals surface area contributed by atoms with Gasteiger partial charge in [0.1, 0.15) is 29.7 Å². The summed E-state index contributed by atoms with van der Waals surface area (Å²) in [5.74, 6) is -0.521. The molecule has 0 unspecified atom stereocenters. The average Bonchev–Trinajstić information content (AvgIpc) is 3.79. The van der Waals surface area contributed by atoms with E-state index in [4.69, 9.17) is 23.4 Å². The topological polar surface area (TPSA) is 138 Å². The third-order valence-electron chi connectivity index (χ3n) is 6.66. The number of hydrogen-bond donors (Lipinski definition) is 2. The first kappa shape index (κ1) is 27.3. The maximum Gasteiger partial charge on any atom is 0.338 e. The molecule has 6 rings (SSSR count). The summed E-state index contributed by atoms with van der Waals surface area (Å²) >= 11 is 0. The fraction of sp³-hybridized carbons (Fsp3) is 0.125. The van der Waals surface area contributed by atoms with Gasteiger partial charge in [0, 0.05) is 23.2 Å². The van der Waals surface area contributed by atoms with Crippen molar-refractivity contribution in [3.05, 3.63) is 114 Å². The number of benzene rings is 2. The molecule has 5 aromatic rings. The summed E-state index contributed by atoms with van der Waals surface area (Å²) in [4.78, 5) is 38.1. The van der Waals surface area contributed by atoms with Gasteiger partial charge in [0.25, 0.3) is 0 Å². The van der Waals surface area contributed by atoms with E-state index in [2.05, 4.69) is 10.6 Å². The highest BCUT2D eigenvalue weighted by Gasteiger charge is 2.35. The molecule has 0 aliphatic carbocycles. The maximum absolute atomic E-state index is 12.9. The number of nitrogens with zero attached hydrogens (tertiary/aromatic N) is 2. The lowest BCUT2D eigenvalue weighted by Gasteiger charge is -2.27. The quantitative estimate of drug-likeness (QED) is 0.177. The SMILES string of the molecule is CCOC(=O)C1=C(COC(=O)/C=C\c2cn(-c3ccccc3)nc2-c2cc3ccccc3o2)NC(=O)N[C@H]1c1ccco1. The van der Waals surface area contributed by atoms with E-state index in [1.54, 1.807) is 36.0 Å². The third-order valence-corrected chi connectivity index (χ3v) is 6.66. The summed E-state index contributed by atoms with van der Waals surface area (Å²) in [6, 6.07) is 20.8. The van der Waals surface area contributed by atoms with Gasteiger partial charge in [-0.3, -0.25) is 0 Å². The molecule has 2 N–H and O–H groups in total. The normalized spacial score (nSPS) is 15.0. The molecule has 0 bridgehead atoms. The number of fused-ring (bicyclic) bond motifs is 1. The van der Waals surface area contributed by atoms with Crippen molar-refractivity contribution in [2.24, 2.45) is 0 Å². The molecule has 2 amide bonds. The highest BCUT2D eigenvalue weighted by Crippen LogP contribution is 2.31. The van der Waals surface area contributed by atoms with Crippen LogP contribution < -0.4 is 10.6 Å². The molecule has 2 aromatic carbocycles. The number of nitrogens with one attached hydrogen (secondary N) is 2. The van der Waals surface area contributed by atoms with Crippen LogP contribution in [0.1, 0.15) is 24.3 Å². The Balaban J connectivity index is 1.27. The Morgan fingerprint density at radius 1 is 1.05 bits per heavy atom. The van der Waals surface area contributed by atoms with Gasteiger partial charge >= 0.3 is 18.0 Å². The molecular formula is C32H26N4O7. The van der Waals surface area contributed by atoms with Crippen LogP contribution in [0.25, 0.3) is 34.2 Å². The summed E-state index contributed by atoms with van der Waals surface area (Å²) < 4.78 is 23.8. The highest BCUT2D eigenvalue weighted by atomic mass is 16.5. The largest absolute Gasteiger partial charge is 0.467 e. The lowest BCUT2D eigenvalue weighted by Crippen LogP contribution is -2.47. The Bertz CT molecular complexity index is 1820. The van der Waals surface area contributed by atoms with Crippen LogP contribution >= 0.6 is 0 Å². The van der Waals surface area contributed by atoms with Gasteiger partial charge in [0.2, 0.25) is 0 Å². The molecule has 4 heterocycles. The first-order chi connectivity index (χ1) is 21.0. The number of rotatable bonds is 9. The van der Waals surface area contributed by atoms with E-state index in [0.29, 0.717) is 28.4 Å². The van der Waals surface area contributed by atoms with Crippen molar-refractivity contribution in [3.8, 4) is 17.1 Å². The van der Waals surface area contributed by atoms with Crippen molar-refractivity contribution in [3.63, 3.8) is 0 Å². The molecule has 1 aliphatic rings. The Hall–Kier alpha value is -5.84. The molecule has 1 aliphatic heterocycles. The van der Waals surface area contributed by atoms with Gasteiger partial charge in [-0.25, -0.2) is 19.1 Å². The van der Waals surface area contributed by atoms with Crippen molar-refractivity contribution < 1.29 is 32.7 Å². The number of carbonyl (C=O) groups is 3. The molecule has 3 aromatic heterocycles. The Morgan fingerprint density at radius 3 is 2.63 bits per heavy atom. The molecule has 1 atom stereocenters. The van der Waals surface area contributed by atoms with Crippen molar-refractivity contribution in [2.45, 2.75) is 13.0 Å². The minimum atomic E-state index is -0.915. The second kappa shape index (κ2) is 12.0. The smallest absolute Gasteiger partial charge is 0.338 e. The fourth-order valence-electron chi connectivity index (χ4n) is 4.71. The van der Waals surface area contributed by atoms with E-state index in [1.807, 2.05) is 60.7 Å². The van der Waals surface area contributed by atoms with Crippen LogP contribution in [0.3, 0.4) is 0 Å². The maximum atomic E-state index is 12.9. The molecule has 0 saturated heterocycles. The molecule has 216 valence electrons. The molecule has 43 heavy (non-hydrogen) atoms. The van der Waals surface area contributed by atoms with Gasteiger partial charge in [-0.05, 0) is 49.4 Å². The molecule has 11 nitrogen and oxygen atoms in total. The van der Waals surface area contributed by atoms with E-state index in [1.165, 1.54) is 12.3 Å². The molecule has 0 radical (unpaired) electrons. The minimum Gasteiger partial charge on any atom is -0.467 e. The van der Waals surface area contributed by atoms with Crippen LogP contribution in [0.15, 0.2) is 111 Å². The zero-order valence-corrected chi connectivity index (χ0v) is 23.0. The minimum absolute atomic E-state index is 0.0736. The lowest BCUT2D eigenvalue weighted by molar-refractivity contribution is -0.140. The Kier molecular flexibility index (Phi) is 7.60. The highest BCUT2D eigenvalue weighted by molar-refractivity contribution is 5.95. The van der Waals surface area contributed by atoms with Gasteiger partial charge in [0.15, 0.2) is 5.76 Å². The van der Waals surface area contributed by atoms with Crippen LogP contribution in [0.2, 0.25) is 0 Å². The van der Waals surface area contributed by atoms with Crippen LogP contribution in [0, 0.1) is 0 Å². The predicted molar refractivity (Wildman–Crippen MR) is 156 cm³/mol. The third kappa shape index (κ3) is 5.82. The number of furan rings is 2. The van der Waals surface area contributed by atoms with Gasteiger partial charge in [-0.1, -0.05) is 36.4 Å². The number of aromatic nitrogens is 2. The second-order valence-electron chi connectivity index (χ2n) is 9.46. The number of carbonyl (C=O) groups excluding carboxylic acids is 3. The standard InChI is InChI=1S/C32H26N4O7/c1-2-40-31(38)28-23(33-32(39)34-30(28)25-13-8-16-41-25)19-42-27(37)15-14-21-18-36(22-10-4-3-5-11-22)35-29(21)26-17-20-9-6-7-12-24(20)43-26/h3-18,30H,2,19H2,1H3,(H2,33,34,39)/b15-14-/t30-/m0/s1. The van der Waals surface area contributed by atoms with Gasteiger partial charge in [-0.2, -0.15) is 5.10 Å². The zero-order valence-electron chi connectivity index (χ0n) is 23.0. The first-order valence-electron chi connectivity index (χ1n) is 13.5. The van der Waals surface area contributed by atoms with Gasteiger partial charge in [-0.15, -0.1) is 0 Å². The van der Waals surface area contributed by atoms with E-state index < -0.39 is 24.0 Å². The Labute approximate surface area is 245 Å². The fourth-order valence-corrected chi connectivity index (χ4v) is 4.71. The molecule has 11 heteroatoms. The number of amides is 2. The molecule has 0 spiro atoms. The number of esters is 2. The summed E-state index contributed by atoms with van der Waals surface area (Å²) in [6.45, 7) is 1.39. The summed E-state index contributed by atoms with van der Waals surface area (Å²) in [7, 11) is 0. The molecule has 0 fully saturated rings. The average molecular weight is 579 g/mol. The monoisotopic (exact) mass is 578 g/mol. The van der Waals surface area contributed by atoms with E-state index in [0.717, 1.165) is 11.1 Å². The summed E-state index contributed by atoms with van der Waals surface area (Å²) in [5, 5.41) is 10.8. The summed E-state index contributed by atoms with van der Waals surface area (Å²) in [5.41, 5.74) is 2.84. The molecule has 0 saturated carbocycles. The van der Waals surface area contributed by atoms with Crippen LogP contribution in [0.4, 0.5) is 4.79 Å². The van der Waals surface area contributed by atoms with Crippen molar-refractivity contribution in [1.82, 2.24) is 20.4 Å². The summed E-state index contributed by atoms with van der Waals surface area (Å²) in [6.07, 6.45) is 6.03. The lowest BCUT2D eigenvalue weighted by atomic mass is 10.0. The van der Waals surface area contributed by atoms with Gasteiger partial charge in [0.05, 0.1) is 29.8 Å². The van der Waals surface area contributed by atoms with E-state index in [-0.39, 0.29) is 24.5 Å². The van der Waals surface area contributed by atoms with Gasteiger partial charge < -0.3 is 28.9 Å². The number of ether oxygens (including phenoxy) is 2. The predicted octanol–water partition coefficient (Wildman–Crippen LogP) is 5.31.